The second-order valence-electron chi connectivity index (χ2n) is 8.09. The standard InChI is InChI=1S/C22H31NO2/c1-6-23(7-2)16-10-14-22(5)15-13-18-20(25-22)17-11-8-9-12-19(17)24-21(18,3)4/h8-9,11-12,18,20H,6-7,13,15-16H2,1-5H3/p+1/t18-,20+,22-/m1/s1. The summed E-state index contributed by atoms with van der Waals surface area (Å²) in [6.07, 6.45) is 2.10. The quantitative estimate of drug-likeness (QED) is 0.854. The second-order valence-corrected chi connectivity index (χ2v) is 8.09. The van der Waals surface area contributed by atoms with Gasteiger partial charge in [-0.3, -0.25) is 0 Å². The molecule has 0 spiro atoms. The van der Waals surface area contributed by atoms with Gasteiger partial charge in [0.05, 0.1) is 19.2 Å². The fraction of sp³-hybridized carbons (Fsp3) is 0.636. The lowest BCUT2D eigenvalue weighted by Crippen LogP contribution is -3.11. The lowest BCUT2D eigenvalue weighted by atomic mass is 9.73. The highest BCUT2D eigenvalue weighted by Crippen LogP contribution is 2.52. The Morgan fingerprint density at radius 2 is 1.88 bits per heavy atom. The zero-order chi connectivity index (χ0) is 18.1. The second kappa shape index (κ2) is 7.02. The van der Waals surface area contributed by atoms with Crippen LogP contribution in [-0.2, 0) is 4.74 Å². The summed E-state index contributed by atoms with van der Waals surface area (Å²) in [5.41, 5.74) is 0.599. The van der Waals surface area contributed by atoms with Gasteiger partial charge in [0.2, 0.25) is 0 Å². The number of benzene rings is 1. The Hall–Kier alpha value is -1.50. The van der Waals surface area contributed by atoms with E-state index in [0.29, 0.717) is 5.92 Å². The summed E-state index contributed by atoms with van der Waals surface area (Å²) < 4.78 is 12.9. The molecule has 1 aromatic rings. The third-order valence-corrected chi connectivity index (χ3v) is 5.87. The number of ether oxygens (including phenoxy) is 2. The molecule has 2 aliphatic heterocycles. The highest BCUT2D eigenvalue weighted by Gasteiger charge is 2.49. The van der Waals surface area contributed by atoms with Crippen molar-refractivity contribution in [3.8, 4) is 17.6 Å². The van der Waals surface area contributed by atoms with Crippen LogP contribution in [0.4, 0.5) is 0 Å². The van der Waals surface area contributed by atoms with Crippen LogP contribution < -0.4 is 9.64 Å². The van der Waals surface area contributed by atoms with Gasteiger partial charge in [-0.05, 0) is 59.4 Å². The first kappa shape index (κ1) is 18.3. The van der Waals surface area contributed by atoms with Crippen molar-refractivity contribution in [3.63, 3.8) is 0 Å². The van der Waals surface area contributed by atoms with Crippen molar-refractivity contribution in [3.05, 3.63) is 29.8 Å². The third kappa shape index (κ3) is 3.71. The van der Waals surface area contributed by atoms with Crippen LogP contribution in [0.15, 0.2) is 24.3 Å². The lowest BCUT2D eigenvalue weighted by molar-refractivity contribution is -0.889. The summed E-state index contributed by atoms with van der Waals surface area (Å²) in [5, 5.41) is 0. The van der Waals surface area contributed by atoms with Gasteiger partial charge in [-0.25, -0.2) is 0 Å². The van der Waals surface area contributed by atoms with E-state index in [1.165, 1.54) is 10.5 Å². The van der Waals surface area contributed by atoms with Gasteiger partial charge < -0.3 is 14.4 Å². The molecule has 136 valence electrons. The Kier molecular flexibility index (Phi) is 5.14. The average Bonchev–Trinajstić information content (AvgIpc) is 2.58. The molecular formula is C22H32NO2+. The van der Waals surface area contributed by atoms with Gasteiger partial charge in [0, 0.05) is 11.5 Å². The number of fused-ring (bicyclic) bond motifs is 3. The Bertz CT molecular complexity index is 668. The van der Waals surface area contributed by atoms with Gasteiger partial charge in [-0.2, -0.15) is 0 Å². The first-order valence-electron chi connectivity index (χ1n) is 9.68. The molecular weight excluding hydrogens is 310 g/mol. The van der Waals surface area contributed by atoms with Crippen molar-refractivity contribution in [1.29, 1.82) is 0 Å². The molecule has 0 amide bonds. The van der Waals surface area contributed by atoms with Gasteiger partial charge in [0.1, 0.15) is 23.5 Å². The van der Waals surface area contributed by atoms with E-state index in [0.717, 1.165) is 38.2 Å². The van der Waals surface area contributed by atoms with Crippen LogP contribution >= 0.6 is 0 Å². The molecule has 3 atom stereocenters. The molecule has 0 bridgehead atoms. The molecule has 25 heavy (non-hydrogen) atoms. The molecule has 3 rings (SSSR count). The summed E-state index contributed by atoms with van der Waals surface area (Å²) in [5.74, 6) is 8.17. The highest BCUT2D eigenvalue weighted by molar-refractivity contribution is 5.39. The van der Waals surface area contributed by atoms with E-state index in [9.17, 15) is 0 Å². The molecule has 2 aliphatic rings. The molecule has 0 radical (unpaired) electrons. The monoisotopic (exact) mass is 342 g/mol. The topological polar surface area (TPSA) is 22.9 Å². The minimum absolute atomic E-state index is 0.0637. The van der Waals surface area contributed by atoms with Crippen molar-refractivity contribution in [2.45, 2.75) is 64.8 Å². The third-order valence-electron chi connectivity index (χ3n) is 5.87. The van der Waals surface area contributed by atoms with Crippen molar-refractivity contribution in [2.24, 2.45) is 5.92 Å². The molecule has 0 aliphatic carbocycles. The van der Waals surface area contributed by atoms with E-state index < -0.39 is 0 Å². The summed E-state index contributed by atoms with van der Waals surface area (Å²) in [7, 11) is 0. The van der Waals surface area contributed by atoms with E-state index >= 15 is 0 Å². The van der Waals surface area contributed by atoms with Crippen molar-refractivity contribution in [1.82, 2.24) is 0 Å². The Morgan fingerprint density at radius 1 is 1.16 bits per heavy atom. The van der Waals surface area contributed by atoms with Crippen LogP contribution in [0.5, 0.6) is 5.75 Å². The van der Waals surface area contributed by atoms with Crippen molar-refractivity contribution in [2.75, 3.05) is 19.6 Å². The van der Waals surface area contributed by atoms with E-state index in [2.05, 4.69) is 64.7 Å². The Labute approximate surface area is 152 Å². The molecule has 1 N–H and O–H groups in total. The van der Waals surface area contributed by atoms with Gasteiger partial charge >= 0.3 is 0 Å². The lowest BCUT2D eigenvalue weighted by Gasteiger charge is -2.50. The molecule has 1 aromatic carbocycles. The van der Waals surface area contributed by atoms with Crippen LogP contribution in [0, 0.1) is 17.8 Å². The SMILES string of the molecule is CC[NH+](CC)CC#C[C@]1(C)CC[C@@H]2[C@@H](O1)c1ccccc1OC2(C)C. The number of hydrogen-bond acceptors (Lipinski definition) is 2. The summed E-state index contributed by atoms with van der Waals surface area (Å²) in [6, 6.07) is 8.30. The molecule has 2 heterocycles. The number of rotatable bonds is 3. The molecule has 0 saturated carbocycles. The number of nitrogens with one attached hydrogen (secondary N) is 1. The molecule has 3 heteroatoms. The van der Waals surface area contributed by atoms with Gasteiger partial charge in [0.25, 0.3) is 0 Å². The molecule has 0 unspecified atom stereocenters. The smallest absolute Gasteiger partial charge is 0.139 e. The van der Waals surface area contributed by atoms with Gasteiger partial charge in [-0.15, -0.1) is 0 Å². The zero-order valence-corrected chi connectivity index (χ0v) is 16.3. The largest absolute Gasteiger partial charge is 0.487 e. The maximum Gasteiger partial charge on any atom is 0.139 e. The number of quaternary nitrogens is 1. The van der Waals surface area contributed by atoms with Crippen LogP contribution in [0.2, 0.25) is 0 Å². The summed E-state index contributed by atoms with van der Waals surface area (Å²) in [4.78, 5) is 1.52. The number of para-hydroxylation sites is 1. The molecule has 3 nitrogen and oxygen atoms in total. The van der Waals surface area contributed by atoms with E-state index in [-0.39, 0.29) is 17.3 Å². The maximum atomic E-state index is 6.63. The zero-order valence-electron chi connectivity index (χ0n) is 16.3. The normalized spacial score (nSPS) is 29.8. The van der Waals surface area contributed by atoms with Gasteiger partial charge in [-0.1, -0.05) is 24.1 Å². The van der Waals surface area contributed by atoms with Crippen LogP contribution in [-0.4, -0.2) is 30.8 Å². The van der Waals surface area contributed by atoms with Crippen LogP contribution in [0.25, 0.3) is 0 Å². The summed E-state index contributed by atoms with van der Waals surface area (Å²) >= 11 is 0. The predicted molar refractivity (Wildman–Crippen MR) is 101 cm³/mol. The maximum absolute atomic E-state index is 6.63. The van der Waals surface area contributed by atoms with Crippen molar-refractivity contribution < 1.29 is 14.4 Å². The first-order chi connectivity index (χ1) is 11.9. The fourth-order valence-electron chi connectivity index (χ4n) is 4.11. The minimum Gasteiger partial charge on any atom is -0.487 e. The Balaban J connectivity index is 1.83. The van der Waals surface area contributed by atoms with E-state index in [1.807, 2.05) is 6.07 Å². The first-order valence-corrected chi connectivity index (χ1v) is 9.68. The predicted octanol–water partition coefficient (Wildman–Crippen LogP) is 3.01. The minimum atomic E-state index is -0.367. The average molecular weight is 343 g/mol. The Morgan fingerprint density at radius 3 is 2.60 bits per heavy atom. The van der Waals surface area contributed by atoms with E-state index in [1.54, 1.807) is 0 Å². The molecule has 1 fully saturated rings. The van der Waals surface area contributed by atoms with Crippen LogP contribution in [0.3, 0.4) is 0 Å². The number of hydrogen-bond donors (Lipinski definition) is 1. The molecule has 0 aromatic heterocycles. The van der Waals surface area contributed by atoms with Crippen molar-refractivity contribution >= 4 is 0 Å². The van der Waals surface area contributed by atoms with E-state index in [4.69, 9.17) is 9.47 Å². The van der Waals surface area contributed by atoms with Gasteiger partial charge in [0.15, 0.2) is 0 Å². The molecule has 1 saturated heterocycles. The summed E-state index contributed by atoms with van der Waals surface area (Å²) in [6.45, 7) is 14.1. The highest BCUT2D eigenvalue weighted by atomic mass is 16.5. The van der Waals surface area contributed by atoms with Crippen LogP contribution in [0.1, 0.15) is 59.1 Å². The fourth-order valence-corrected chi connectivity index (χ4v) is 4.11.